The molecule has 0 bridgehead atoms. The van der Waals surface area contributed by atoms with E-state index in [2.05, 4.69) is 12.2 Å². The van der Waals surface area contributed by atoms with E-state index in [1.807, 2.05) is 6.92 Å². The van der Waals surface area contributed by atoms with Crippen LogP contribution < -0.4 is 5.32 Å². The fourth-order valence-corrected chi connectivity index (χ4v) is 2.63. The first-order valence-electron chi connectivity index (χ1n) is 6.61. The Morgan fingerprint density at radius 1 is 1.38 bits per heavy atom. The maximum absolute atomic E-state index is 12.1. The van der Waals surface area contributed by atoms with Crippen LogP contribution in [-0.2, 0) is 4.79 Å². The van der Waals surface area contributed by atoms with E-state index in [1.165, 1.54) is 12.8 Å². The van der Waals surface area contributed by atoms with Gasteiger partial charge in [0.15, 0.2) is 0 Å². The number of carbonyl (C=O) groups excluding carboxylic acids is 1. The number of nitrogens with one attached hydrogen (secondary N) is 1. The number of rotatable bonds is 6. The molecule has 94 valence electrons. The molecule has 0 aliphatic heterocycles. The monoisotopic (exact) mass is 227 g/mol. The summed E-state index contributed by atoms with van der Waals surface area (Å²) in [6, 6.07) is 0. The average molecular weight is 227 g/mol. The molecule has 1 aliphatic carbocycles. The molecule has 1 rings (SSSR count). The van der Waals surface area contributed by atoms with Crippen molar-refractivity contribution in [3.63, 3.8) is 0 Å². The maximum Gasteiger partial charge on any atom is 0.226 e. The Balaban J connectivity index is 2.38. The van der Waals surface area contributed by atoms with Crippen LogP contribution in [0.2, 0.25) is 0 Å². The normalized spacial score (nSPS) is 20.7. The largest absolute Gasteiger partial charge is 0.391 e. The van der Waals surface area contributed by atoms with Crippen LogP contribution in [0.5, 0.6) is 0 Å². The van der Waals surface area contributed by atoms with Gasteiger partial charge in [-0.05, 0) is 25.7 Å². The molecule has 0 aromatic rings. The highest BCUT2D eigenvalue weighted by molar-refractivity contribution is 5.82. The third kappa shape index (κ3) is 3.21. The summed E-state index contributed by atoms with van der Waals surface area (Å²) in [7, 11) is 0. The maximum atomic E-state index is 12.1. The second-order valence-electron chi connectivity index (χ2n) is 4.99. The van der Waals surface area contributed by atoms with Crippen molar-refractivity contribution < 1.29 is 9.90 Å². The van der Waals surface area contributed by atoms with Gasteiger partial charge in [-0.1, -0.05) is 33.1 Å². The van der Waals surface area contributed by atoms with Gasteiger partial charge in [0.2, 0.25) is 5.91 Å². The van der Waals surface area contributed by atoms with Crippen LogP contribution in [0.1, 0.15) is 58.8 Å². The molecule has 0 unspecified atom stereocenters. The van der Waals surface area contributed by atoms with E-state index >= 15 is 0 Å². The van der Waals surface area contributed by atoms with E-state index in [0.717, 1.165) is 32.1 Å². The third-order valence-electron chi connectivity index (χ3n) is 3.84. The lowest BCUT2D eigenvalue weighted by atomic mass is 9.82. The predicted molar refractivity (Wildman–Crippen MR) is 65.1 cm³/mol. The van der Waals surface area contributed by atoms with Gasteiger partial charge in [0.25, 0.3) is 0 Å². The molecular formula is C13H25NO2. The van der Waals surface area contributed by atoms with E-state index in [0.29, 0.717) is 6.54 Å². The summed E-state index contributed by atoms with van der Waals surface area (Å²) in [4.78, 5) is 12.1. The first-order valence-corrected chi connectivity index (χ1v) is 6.61. The first-order chi connectivity index (χ1) is 7.64. The van der Waals surface area contributed by atoms with Crippen LogP contribution >= 0.6 is 0 Å². The number of hydrogen-bond donors (Lipinski definition) is 2. The van der Waals surface area contributed by atoms with E-state index in [-0.39, 0.29) is 17.4 Å². The Labute approximate surface area is 98.6 Å². The van der Waals surface area contributed by atoms with Crippen molar-refractivity contribution in [2.24, 2.45) is 5.41 Å². The van der Waals surface area contributed by atoms with Crippen molar-refractivity contribution >= 4 is 5.91 Å². The van der Waals surface area contributed by atoms with Crippen molar-refractivity contribution in [3.8, 4) is 0 Å². The third-order valence-corrected chi connectivity index (χ3v) is 3.84. The first kappa shape index (κ1) is 13.5. The van der Waals surface area contributed by atoms with Gasteiger partial charge in [0.1, 0.15) is 0 Å². The van der Waals surface area contributed by atoms with Crippen LogP contribution in [0.15, 0.2) is 0 Å². The summed E-state index contributed by atoms with van der Waals surface area (Å²) >= 11 is 0. The summed E-state index contributed by atoms with van der Waals surface area (Å²) < 4.78 is 0. The minimum Gasteiger partial charge on any atom is -0.391 e. The number of carbonyl (C=O) groups is 1. The molecule has 1 fully saturated rings. The molecule has 0 aromatic heterocycles. The van der Waals surface area contributed by atoms with Crippen LogP contribution in [0, 0.1) is 5.41 Å². The lowest BCUT2D eigenvalue weighted by Crippen LogP contribution is -2.42. The molecule has 0 aromatic carbocycles. The molecule has 0 saturated heterocycles. The zero-order valence-corrected chi connectivity index (χ0v) is 10.6. The zero-order valence-electron chi connectivity index (χ0n) is 10.6. The minimum atomic E-state index is -0.385. The van der Waals surface area contributed by atoms with Crippen molar-refractivity contribution in [2.45, 2.75) is 64.9 Å². The molecule has 1 atom stereocenters. The topological polar surface area (TPSA) is 49.3 Å². The van der Waals surface area contributed by atoms with Gasteiger partial charge in [-0.25, -0.2) is 0 Å². The van der Waals surface area contributed by atoms with Crippen molar-refractivity contribution in [3.05, 3.63) is 0 Å². The quantitative estimate of drug-likeness (QED) is 0.731. The van der Waals surface area contributed by atoms with Crippen LogP contribution in [0.4, 0.5) is 0 Å². The summed E-state index contributed by atoms with van der Waals surface area (Å²) in [6.45, 7) is 4.54. The fourth-order valence-electron chi connectivity index (χ4n) is 2.63. The van der Waals surface area contributed by atoms with Gasteiger partial charge >= 0.3 is 0 Å². The van der Waals surface area contributed by atoms with E-state index in [4.69, 9.17) is 0 Å². The second kappa shape index (κ2) is 6.24. The molecule has 16 heavy (non-hydrogen) atoms. The Hall–Kier alpha value is -0.570. The molecule has 3 nitrogen and oxygen atoms in total. The van der Waals surface area contributed by atoms with Gasteiger partial charge in [0, 0.05) is 12.0 Å². The Kier molecular flexibility index (Phi) is 5.26. The summed E-state index contributed by atoms with van der Waals surface area (Å²) in [5.74, 6) is 0.155. The SMILES string of the molecule is CCC[C@@H](O)CNC(=O)C1(CC)CCCC1. The number of amides is 1. The molecular weight excluding hydrogens is 202 g/mol. The molecule has 1 saturated carbocycles. The number of aliphatic hydroxyl groups is 1. The van der Waals surface area contributed by atoms with Crippen LogP contribution in [-0.4, -0.2) is 23.7 Å². The molecule has 1 amide bonds. The molecule has 0 radical (unpaired) electrons. The average Bonchev–Trinajstić information content (AvgIpc) is 2.76. The highest BCUT2D eigenvalue weighted by Gasteiger charge is 2.39. The van der Waals surface area contributed by atoms with Crippen molar-refractivity contribution in [1.29, 1.82) is 0 Å². The van der Waals surface area contributed by atoms with E-state index < -0.39 is 0 Å². The standard InChI is InChI=1S/C13H25NO2/c1-3-7-11(15)10-14-12(16)13(4-2)8-5-6-9-13/h11,15H,3-10H2,1-2H3,(H,14,16)/t11-/m1/s1. The van der Waals surface area contributed by atoms with Crippen molar-refractivity contribution in [2.75, 3.05) is 6.54 Å². The van der Waals surface area contributed by atoms with Gasteiger partial charge in [-0.15, -0.1) is 0 Å². The lowest BCUT2D eigenvalue weighted by Gasteiger charge is -2.26. The Morgan fingerprint density at radius 2 is 2.00 bits per heavy atom. The number of hydrogen-bond acceptors (Lipinski definition) is 2. The molecule has 1 aliphatic rings. The number of aliphatic hydroxyl groups excluding tert-OH is 1. The summed E-state index contributed by atoms with van der Waals surface area (Å²) in [5.41, 5.74) is -0.133. The van der Waals surface area contributed by atoms with E-state index in [9.17, 15) is 9.90 Å². The van der Waals surface area contributed by atoms with Gasteiger partial charge in [-0.2, -0.15) is 0 Å². The minimum absolute atomic E-state index is 0.133. The molecule has 2 N–H and O–H groups in total. The van der Waals surface area contributed by atoms with Gasteiger partial charge in [-0.3, -0.25) is 4.79 Å². The molecule has 0 spiro atoms. The highest BCUT2D eigenvalue weighted by Crippen LogP contribution is 2.40. The van der Waals surface area contributed by atoms with Gasteiger partial charge in [0.05, 0.1) is 6.10 Å². The molecule has 3 heteroatoms. The van der Waals surface area contributed by atoms with Crippen LogP contribution in [0.25, 0.3) is 0 Å². The summed E-state index contributed by atoms with van der Waals surface area (Å²) in [5, 5.41) is 12.5. The zero-order chi connectivity index (χ0) is 12.0. The van der Waals surface area contributed by atoms with Crippen LogP contribution in [0.3, 0.4) is 0 Å². The Morgan fingerprint density at radius 3 is 2.50 bits per heavy atom. The van der Waals surface area contributed by atoms with Crippen molar-refractivity contribution in [1.82, 2.24) is 5.32 Å². The predicted octanol–water partition coefficient (Wildman–Crippen LogP) is 2.23. The second-order valence-corrected chi connectivity index (χ2v) is 4.99. The van der Waals surface area contributed by atoms with E-state index in [1.54, 1.807) is 0 Å². The highest BCUT2D eigenvalue weighted by atomic mass is 16.3. The lowest BCUT2D eigenvalue weighted by molar-refractivity contribution is -0.131. The Bertz CT molecular complexity index is 222. The fraction of sp³-hybridized carbons (Fsp3) is 0.923. The summed E-state index contributed by atoms with van der Waals surface area (Å²) in [6.07, 6.45) is 6.61. The van der Waals surface area contributed by atoms with Gasteiger partial charge < -0.3 is 10.4 Å². The smallest absolute Gasteiger partial charge is 0.226 e. The molecule has 0 heterocycles.